The Labute approximate surface area is 115 Å². The molecule has 0 aromatic heterocycles. The predicted octanol–water partition coefficient (Wildman–Crippen LogP) is 3.17. The Bertz CT molecular complexity index is 442. The van der Waals surface area contributed by atoms with Gasteiger partial charge >= 0.3 is 0 Å². The highest BCUT2D eigenvalue weighted by molar-refractivity contribution is 5.78. The number of rotatable bonds is 4. The second-order valence-corrected chi connectivity index (χ2v) is 6.36. The summed E-state index contributed by atoms with van der Waals surface area (Å²) < 4.78 is 0. The normalized spacial score (nSPS) is 30.3. The SMILES string of the molecule is CC(NC(=O)Cc1ccccc1)C1CC2CCC1C2. The Hall–Kier alpha value is -1.31. The Kier molecular flexibility index (Phi) is 3.58. The molecule has 3 rings (SSSR count). The molecule has 0 saturated heterocycles. The summed E-state index contributed by atoms with van der Waals surface area (Å²) >= 11 is 0. The lowest BCUT2D eigenvalue weighted by molar-refractivity contribution is -0.121. The van der Waals surface area contributed by atoms with Gasteiger partial charge in [-0.05, 0) is 49.5 Å². The van der Waals surface area contributed by atoms with Crippen LogP contribution >= 0.6 is 0 Å². The monoisotopic (exact) mass is 257 g/mol. The summed E-state index contributed by atoms with van der Waals surface area (Å²) in [7, 11) is 0. The quantitative estimate of drug-likeness (QED) is 0.882. The third kappa shape index (κ3) is 2.83. The van der Waals surface area contributed by atoms with Crippen molar-refractivity contribution in [2.45, 2.75) is 45.1 Å². The summed E-state index contributed by atoms with van der Waals surface area (Å²) in [5.41, 5.74) is 1.10. The second kappa shape index (κ2) is 5.36. The maximum atomic E-state index is 12.1. The summed E-state index contributed by atoms with van der Waals surface area (Å²) in [5.74, 6) is 2.71. The highest BCUT2D eigenvalue weighted by Gasteiger charge is 2.42. The van der Waals surface area contributed by atoms with Crippen molar-refractivity contribution in [3.8, 4) is 0 Å². The van der Waals surface area contributed by atoms with Crippen molar-refractivity contribution in [3.05, 3.63) is 35.9 Å². The van der Waals surface area contributed by atoms with E-state index in [1.807, 2.05) is 30.3 Å². The lowest BCUT2D eigenvalue weighted by Crippen LogP contribution is -2.40. The molecule has 2 saturated carbocycles. The molecule has 19 heavy (non-hydrogen) atoms. The minimum absolute atomic E-state index is 0.168. The summed E-state index contributed by atoms with van der Waals surface area (Å²) in [6.45, 7) is 2.19. The van der Waals surface area contributed by atoms with Crippen LogP contribution in [0.3, 0.4) is 0 Å². The zero-order valence-corrected chi connectivity index (χ0v) is 11.6. The average Bonchev–Trinajstić information content (AvgIpc) is 3.02. The Morgan fingerprint density at radius 2 is 2.05 bits per heavy atom. The van der Waals surface area contributed by atoms with Gasteiger partial charge in [-0.15, -0.1) is 0 Å². The van der Waals surface area contributed by atoms with E-state index in [1.54, 1.807) is 0 Å². The van der Waals surface area contributed by atoms with Gasteiger partial charge in [-0.25, -0.2) is 0 Å². The molecule has 4 unspecified atom stereocenters. The minimum atomic E-state index is 0.168. The molecule has 1 aromatic rings. The topological polar surface area (TPSA) is 29.1 Å². The fraction of sp³-hybridized carbons (Fsp3) is 0.588. The van der Waals surface area contributed by atoms with Gasteiger partial charge in [0.25, 0.3) is 0 Å². The lowest BCUT2D eigenvalue weighted by atomic mass is 9.84. The third-order valence-corrected chi connectivity index (χ3v) is 5.03. The number of nitrogens with one attached hydrogen (secondary N) is 1. The Morgan fingerprint density at radius 1 is 1.26 bits per heavy atom. The van der Waals surface area contributed by atoms with Crippen LogP contribution in [0.1, 0.15) is 38.2 Å². The highest BCUT2D eigenvalue weighted by atomic mass is 16.1. The summed E-state index contributed by atoms with van der Waals surface area (Å²) in [6, 6.07) is 10.3. The van der Waals surface area contributed by atoms with E-state index in [1.165, 1.54) is 25.7 Å². The van der Waals surface area contributed by atoms with E-state index in [2.05, 4.69) is 12.2 Å². The van der Waals surface area contributed by atoms with Crippen LogP contribution in [-0.2, 0) is 11.2 Å². The van der Waals surface area contributed by atoms with E-state index in [4.69, 9.17) is 0 Å². The van der Waals surface area contributed by atoms with Gasteiger partial charge in [-0.2, -0.15) is 0 Å². The molecule has 2 nitrogen and oxygen atoms in total. The Balaban J connectivity index is 1.52. The number of amides is 1. The van der Waals surface area contributed by atoms with Crippen molar-refractivity contribution in [2.24, 2.45) is 17.8 Å². The predicted molar refractivity (Wildman–Crippen MR) is 76.7 cm³/mol. The second-order valence-electron chi connectivity index (χ2n) is 6.36. The number of hydrogen-bond donors (Lipinski definition) is 1. The minimum Gasteiger partial charge on any atom is -0.353 e. The smallest absolute Gasteiger partial charge is 0.224 e. The van der Waals surface area contributed by atoms with Crippen molar-refractivity contribution < 1.29 is 4.79 Å². The van der Waals surface area contributed by atoms with Gasteiger partial charge in [0, 0.05) is 6.04 Å². The molecule has 0 aliphatic heterocycles. The van der Waals surface area contributed by atoms with Crippen LogP contribution in [0.25, 0.3) is 0 Å². The van der Waals surface area contributed by atoms with Gasteiger partial charge in [-0.3, -0.25) is 4.79 Å². The fourth-order valence-electron chi connectivity index (χ4n) is 4.10. The largest absolute Gasteiger partial charge is 0.353 e. The van der Waals surface area contributed by atoms with Crippen LogP contribution in [0.5, 0.6) is 0 Å². The first-order valence-corrected chi connectivity index (χ1v) is 7.55. The van der Waals surface area contributed by atoms with Gasteiger partial charge in [-0.1, -0.05) is 36.8 Å². The lowest BCUT2D eigenvalue weighted by Gasteiger charge is -2.28. The third-order valence-electron chi connectivity index (χ3n) is 5.03. The molecule has 2 bridgehead atoms. The number of carbonyl (C=O) groups is 1. The van der Waals surface area contributed by atoms with Gasteiger partial charge in [0.15, 0.2) is 0 Å². The summed E-state index contributed by atoms with van der Waals surface area (Å²) in [4.78, 5) is 12.1. The molecule has 4 atom stereocenters. The number of fused-ring (bicyclic) bond motifs is 2. The molecule has 0 spiro atoms. The first kappa shape index (κ1) is 12.7. The first-order valence-electron chi connectivity index (χ1n) is 7.55. The highest BCUT2D eigenvalue weighted by Crippen LogP contribution is 2.49. The van der Waals surface area contributed by atoms with Crippen molar-refractivity contribution in [1.29, 1.82) is 0 Å². The van der Waals surface area contributed by atoms with Crippen LogP contribution in [0.2, 0.25) is 0 Å². The van der Waals surface area contributed by atoms with E-state index < -0.39 is 0 Å². The van der Waals surface area contributed by atoms with Crippen LogP contribution in [0.15, 0.2) is 30.3 Å². The molecule has 0 heterocycles. The fourth-order valence-corrected chi connectivity index (χ4v) is 4.10. The summed E-state index contributed by atoms with van der Waals surface area (Å²) in [6.07, 6.45) is 6.05. The molecule has 2 aliphatic rings. The van der Waals surface area contributed by atoms with E-state index in [0.717, 1.165) is 23.3 Å². The number of benzene rings is 1. The average molecular weight is 257 g/mol. The zero-order valence-electron chi connectivity index (χ0n) is 11.6. The number of hydrogen-bond acceptors (Lipinski definition) is 1. The van der Waals surface area contributed by atoms with Crippen molar-refractivity contribution in [3.63, 3.8) is 0 Å². The molecular formula is C17H23NO. The van der Waals surface area contributed by atoms with E-state index in [-0.39, 0.29) is 5.91 Å². The molecule has 102 valence electrons. The van der Waals surface area contributed by atoms with Crippen LogP contribution < -0.4 is 5.32 Å². The van der Waals surface area contributed by atoms with Crippen LogP contribution in [0.4, 0.5) is 0 Å². The van der Waals surface area contributed by atoms with Gasteiger partial charge < -0.3 is 5.32 Å². The van der Waals surface area contributed by atoms with Crippen LogP contribution in [-0.4, -0.2) is 11.9 Å². The molecule has 2 aliphatic carbocycles. The maximum Gasteiger partial charge on any atom is 0.224 e. The van der Waals surface area contributed by atoms with Crippen molar-refractivity contribution >= 4 is 5.91 Å². The molecule has 1 aromatic carbocycles. The number of carbonyl (C=O) groups excluding carboxylic acids is 1. The standard InChI is InChI=1S/C17H23NO/c1-12(16-10-14-7-8-15(16)9-14)18-17(19)11-13-5-3-2-4-6-13/h2-6,12,14-16H,7-11H2,1H3,(H,18,19). The van der Waals surface area contributed by atoms with Gasteiger partial charge in [0.05, 0.1) is 6.42 Å². The molecule has 2 heteroatoms. The molecule has 2 fully saturated rings. The zero-order chi connectivity index (χ0) is 13.2. The molecule has 0 radical (unpaired) electrons. The maximum absolute atomic E-state index is 12.1. The van der Waals surface area contributed by atoms with E-state index in [9.17, 15) is 4.79 Å². The van der Waals surface area contributed by atoms with E-state index >= 15 is 0 Å². The molecule has 1 amide bonds. The summed E-state index contributed by atoms with van der Waals surface area (Å²) in [5, 5.41) is 3.22. The molecule has 1 N–H and O–H groups in total. The van der Waals surface area contributed by atoms with Gasteiger partial charge in [0.1, 0.15) is 0 Å². The van der Waals surface area contributed by atoms with Gasteiger partial charge in [0.2, 0.25) is 5.91 Å². The van der Waals surface area contributed by atoms with Crippen LogP contribution in [0, 0.1) is 17.8 Å². The first-order chi connectivity index (χ1) is 9.22. The Morgan fingerprint density at radius 3 is 2.68 bits per heavy atom. The van der Waals surface area contributed by atoms with Crippen molar-refractivity contribution in [1.82, 2.24) is 5.32 Å². The van der Waals surface area contributed by atoms with E-state index in [0.29, 0.717) is 12.5 Å². The molecular weight excluding hydrogens is 234 g/mol. The van der Waals surface area contributed by atoms with Crippen molar-refractivity contribution in [2.75, 3.05) is 0 Å².